The number of ether oxygens (including phenoxy) is 1. The Hall–Kier alpha value is -3.52. The normalized spacial score (nSPS) is 13.1. The zero-order chi connectivity index (χ0) is 26.0. The highest BCUT2D eigenvalue weighted by Gasteiger charge is 2.29. The van der Waals surface area contributed by atoms with E-state index in [0.717, 1.165) is 5.56 Å². The number of aryl methyl sites for hydroxylation is 1. The molecule has 0 aliphatic carbocycles. The first-order valence-electron chi connectivity index (χ1n) is 11.6. The van der Waals surface area contributed by atoms with Crippen LogP contribution in [0.4, 0.5) is 11.4 Å². The van der Waals surface area contributed by atoms with Crippen LogP contribution in [0.15, 0.2) is 95.9 Å². The lowest BCUT2D eigenvalue weighted by atomic mass is 10.0. The molecule has 1 heterocycles. The number of sulfonamides is 1. The van der Waals surface area contributed by atoms with E-state index in [1.807, 2.05) is 30.3 Å². The molecular formula is C28H22Cl2N2O4S. The molecule has 1 aliphatic rings. The summed E-state index contributed by atoms with van der Waals surface area (Å²) in [5.74, 6) is 0.707. The first kappa shape index (κ1) is 25.1. The number of amides is 1. The summed E-state index contributed by atoms with van der Waals surface area (Å²) < 4.78 is 34.0. The molecule has 4 aromatic rings. The third kappa shape index (κ3) is 5.44. The van der Waals surface area contributed by atoms with Gasteiger partial charge in [0.15, 0.2) is 5.75 Å². The Labute approximate surface area is 225 Å². The van der Waals surface area contributed by atoms with E-state index in [1.165, 1.54) is 16.4 Å². The van der Waals surface area contributed by atoms with Gasteiger partial charge in [0.1, 0.15) is 5.75 Å². The Morgan fingerprint density at radius 3 is 2.35 bits per heavy atom. The second-order valence-electron chi connectivity index (χ2n) is 8.49. The maximum atomic E-state index is 13.3. The number of nitrogens with one attached hydrogen (secondary N) is 1. The summed E-state index contributed by atoms with van der Waals surface area (Å²) in [5.41, 5.74) is 2.16. The SMILES string of the molecule is O=C(Nc1cc(Cl)ccc1Oc1ccccc1)c1ccc2c(c1)CCCN2S(=O)(=O)c1ccc(Cl)cc1. The van der Waals surface area contributed by atoms with Gasteiger partial charge in [0.05, 0.1) is 16.3 Å². The molecule has 0 radical (unpaired) electrons. The van der Waals surface area contributed by atoms with E-state index < -0.39 is 10.0 Å². The molecule has 0 spiro atoms. The number of fused-ring (bicyclic) bond motifs is 1. The standard InChI is InChI=1S/C28H22Cl2N2O4S/c29-21-9-12-24(13-10-21)37(34,35)32-16-4-5-19-17-20(8-14-26(19)32)28(33)31-25-18-22(30)11-15-27(25)36-23-6-2-1-3-7-23/h1-3,6-15,17-18H,4-5,16H2,(H,31,33). The molecule has 0 fully saturated rings. The lowest BCUT2D eigenvalue weighted by Gasteiger charge is -2.30. The third-order valence-electron chi connectivity index (χ3n) is 5.98. The number of benzene rings is 4. The Morgan fingerprint density at radius 2 is 1.59 bits per heavy atom. The number of para-hydroxylation sites is 1. The van der Waals surface area contributed by atoms with Gasteiger partial charge in [-0.25, -0.2) is 8.42 Å². The van der Waals surface area contributed by atoms with Gasteiger partial charge in [0.2, 0.25) is 0 Å². The van der Waals surface area contributed by atoms with Crippen molar-refractivity contribution in [1.82, 2.24) is 0 Å². The third-order valence-corrected chi connectivity index (χ3v) is 8.29. The van der Waals surface area contributed by atoms with Gasteiger partial charge in [-0.2, -0.15) is 0 Å². The van der Waals surface area contributed by atoms with Crippen molar-refractivity contribution >= 4 is 50.5 Å². The van der Waals surface area contributed by atoms with Crippen molar-refractivity contribution in [2.24, 2.45) is 0 Å². The van der Waals surface area contributed by atoms with Gasteiger partial charge >= 0.3 is 0 Å². The molecule has 0 aromatic heterocycles. The molecule has 37 heavy (non-hydrogen) atoms. The molecule has 9 heteroatoms. The van der Waals surface area contributed by atoms with Crippen LogP contribution in [0.25, 0.3) is 0 Å². The number of nitrogens with zero attached hydrogens (tertiary/aromatic N) is 1. The summed E-state index contributed by atoms with van der Waals surface area (Å²) >= 11 is 12.1. The number of rotatable bonds is 6. The van der Waals surface area contributed by atoms with Crippen LogP contribution in [0.3, 0.4) is 0 Å². The van der Waals surface area contributed by atoms with Crippen LogP contribution in [0, 0.1) is 0 Å². The zero-order valence-corrected chi connectivity index (χ0v) is 21.9. The monoisotopic (exact) mass is 552 g/mol. The minimum absolute atomic E-state index is 0.165. The molecule has 188 valence electrons. The highest BCUT2D eigenvalue weighted by Crippen LogP contribution is 2.35. The summed E-state index contributed by atoms with van der Waals surface area (Å²) in [6, 6.07) is 25.3. The Morgan fingerprint density at radius 1 is 0.865 bits per heavy atom. The van der Waals surface area contributed by atoms with E-state index in [4.69, 9.17) is 27.9 Å². The van der Waals surface area contributed by atoms with E-state index in [-0.39, 0.29) is 10.8 Å². The summed E-state index contributed by atoms with van der Waals surface area (Å²) in [6.45, 7) is 0.353. The number of carbonyl (C=O) groups is 1. The second-order valence-corrected chi connectivity index (χ2v) is 11.2. The molecule has 0 unspecified atom stereocenters. The van der Waals surface area contributed by atoms with Gasteiger partial charge in [-0.15, -0.1) is 0 Å². The minimum atomic E-state index is -3.77. The highest BCUT2D eigenvalue weighted by atomic mass is 35.5. The van der Waals surface area contributed by atoms with Crippen molar-refractivity contribution in [2.75, 3.05) is 16.2 Å². The number of carbonyl (C=O) groups excluding carboxylic acids is 1. The Balaban J connectivity index is 1.40. The van der Waals surface area contributed by atoms with Crippen LogP contribution in [0.2, 0.25) is 10.0 Å². The van der Waals surface area contributed by atoms with Gasteiger partial charge in [0, 0.05) is 22.2 Å². The fourth-order valence-electron chi connectivity index (χ4n) is 4.19. The first-order chi connectivity index (χ1) is 17.8. The molecule has 0 saturated heterocycles. The molecule has 0 atom stereocenters. The number of halogens is 2. The molecule has 0 saturated carbocycles. The summed E-state index contributed by atoms with van der Waals surface area (Å²) in [5, 5.41) is 3.79. The smallest absolute Gasteiger partial charge is 0.264 e. The quantitative estimate of drug-likeness (QED) is 0.275. The van der Waals surface area contributed by atoms with Crippen LogP contribution in [-0.4, -0.2) is 20.9 Å². The largest absolute Gasteiger partial charge is 0.455 e. The average molecular weight is 553 g/mol. The van der Waals surface area contributed by atoms with E-state index in [9.17, 15) is 13.2 Å². The predicted octanol–water partition coefficient (Wildman–Crippen LogP) is 7.18. The molecule has 4 aromatic carbocycles. The van der Waals surface area contributed by atoms with Crippen molar-refractivity contribution in [2.45, 2.75) is 17.7 Å². The molecule has 6 nitrogen and oxygen atoms in total. The first-order valence-corrected chi connectivity index (χ1v) is 13.8. The van der Waals surface area contributed by atoms with E-state index in [2.05, 4.69) is 5.32 Å². The summed E-state index contributed by atoms with van der Waals surface area (Å²) in [6.07, 6.45) is 1.29. The fraction of sp³-hybridized carbons (Fsp3) is 0.107. The van der Waals surface area contributed by atoms with Crippen molar-refractivity contribution in [3.63, 3.8) is 0 Å². The lowest BCUT2D eigenvalue weighted by molar-refractivity contribution is 0.102. The van der Waals surface area contributed by atoms with Crippen LogP contribution < -0.4 is 14.4 Å². The van der Waals surface area contributed by atoms with Crippen LogP contribution in [0.5, 0.6) is 11.5 Å². The predicted molar refractivity (Wildman–Crippen MR) is 147 cm³/mol. The molecular weight excluding hydrogens is 531 g/mol. The summed E-state index contributed by atoms with van der Waals surface area (Å²) in [4.78, 5) is 13.4. The summed E-state index contributed by atoms with van der Waals surface area (Å²) in [7, 11) is -3.77. The number of hydrogen-bond acceptors (Lipinski definition) is 4. The molecule has 0 bridgehead atoms. The second kappa shape index (κ2) is 10.5. The van der Waals surface area contributed by atoms with Crippen molar-refractivity contribution < 1.29 is 17.9 Å². The Bertz CT molecular complexity index is 1560. The molecule has 1 N–H and O–H groups in total. The topological polar surface area (TPSA) is 75.7 Å². The van der Waals surface area contributed by atoms with Gasteiger partial charge in [-0.1, -0.05) is 41.4 Å². The van der Waals surface area contributed by atoms with Crippen molar-refractivity contribution in [1.29, 1.82) is 0 Å². The maximum absolute atomic E-state index is 13.3. The van der Waals surface area contributed by atoms with Gasteiger partial charge < -0.3 is 10.1 Å². The molecule has 1 amide bonds. The fourth-order valence-corrected chi connectivity index (χ4v) is 6.03. The van der Waals surface area contributed by atoms with Crippen molar-refractivity contribution in [3.8, 4) is 11.5 Å². The van der Waals surface area contributed by atoms with Gasteiger partial charge in [-0.05, 0) is 91.2 Å². The van der Waals surface area contributed by atoms with E-state index >= 15 is 0 Å². The Kier molecular flexibility index (Phi) is 7.11. The molecule has 1 aliphatic heterocycles. The van der Waals surface area contributed by atoms with Gasteiger partial charge in [0.25, 0.3) is 15.9 Å². The van der Waals surface area contributed by atoms with Crippen LogP contribution in [-0.2, 0) is 16.4 Å². The average Bonchev–Trinajstić information content (AvgIpc) is 2.90. The van der Waals surface area contributed by atoms with E-state index in [0.29, 0.717) is 57.9 Å². The minimum Gasteiger partial charge on any atom is -0.455 e. The van der Waals surface area contributed by atoms with Crippen LogP contribution >= 0.6 is 23.2 Å². The lowest BCUT2D eigenvalue weighted by Crippen LogP contribution is -2.35. The maximum Gasteiger partial charge on any atom is 0.264 e. The highest BCUT2D eigenvalue weighted by molar-refractivity contribution is 7.92. The number of anilines is 2. The van der Waals surface area contributed by atoms with Crippen molar-refractivity contribution in [3.05, 3.63) is 112 Å². The zero-order valence-electron chi connectivity index (χ0n) is 19.5. The van der Waals surface area contributed by atoms with Crippen LogP contribution in [0.1, 0.15) is 22.3 Å². The number of hydrogen-bond donors (Lipinski definition) is 1. The van der Waals surface area contributed by atoms with E-state index in [1.54, 1.807) is 48.5 Å². The molecule has 5 rings (SSSR count). The van der Waals surface area contributed by atoms with Gasteiger partial charge in [-0.3, -0.25) is 9.10 Å².